The van der Waals surface area contributed by atoms with Crippen LogP contribution in [0.25, 0.3) is 0 Å². The molecule has 0 fully saturated rings. The van der Waals surface area contributed by atoms with Crippen LogP contribution in [0, 0.1) is 6.92 Å². The molecule has 6 nitrogen and oxygen atoms in total. The van der Waals surface area contributed by atoms with E-state index in [9.17, 15) is 14.4 Å². The maximum Gasteiger partial charge on any atom is 0.365 e. The van der Waals surface area contributed by atoms with E-state index in [-0.39, 0.29) is 16.5 Å². The number of aromatic nitrogens is 1. The summed E-state index contributed by atoms with van der Waals surface area (Å²) in [6.07, 6.45) is 0. The lowest BCUT2D eigenvalue weighted by Gasteiger charge is -2.15. The van der Waals surface area contributed by atoms with Gasteiger partial charge in [-0.05, 0) is 25.1 Å². The first kappa shape index (κ1) is 16.0. The highest BCUT2D eigenvalue weighted by Gasteiger charge is 2.39. The Labute approximate surface area is 139 Å². The average molecular weight is 326 g/mol. The van der Waals surface area contributed by atoms with Crippen molar-refractivity contribution in [2.24, 2.45) is 0 Å². The number of hydrogen-bond acceptors (Lipinski definition) is 4. The highest BCUT2D eigenvalue weighted by molar-refractivity contribution is 6.21. The van der Waals surface area contributed by atoms with Crippen molar-refractivity contribution in [3.63, 3.8) is 0 Å². The summed E-state index contributed by atoms with van der Waals surface area (Å²) < 4.78 is 0. The minimum Gasteiger partial charge on any atom is -0.361 e. The minimum absolute atomic E-state index is 0.168. The lowest BCUT2D eigenvalue weighted by Crippen LogP contribution is -2.32. The smallest absolute Gasteiger partial charge is 0.361 e. The number of carbonyl (C=O) groups is 3. The molecule has 0 bridgehead atoms. The number of imide groups is 1. The van der Waals surface area contributed by atoms with Crippen LogP contribution in [0.3, 0.4) is 0 Å². The van der Waals surface area contributed by atoms with E-state index >= 15 is 0 Å². The van der Waals surface area contributed by atoms with Gasteiger partial charge in [0.15, 0.2) is 0 Å². The molecule has 0 spiro atoms. The van der Waals surface area contributed by atoms with Crippen molar-refractivity contribution >= 4 is 17.8 Å². The number of benzene rings is 1. The predicted molar refractivity (Wildman–Crippen MR) is 86.6 cm³/mol. The normalized spacial score (nSPS) is 14.1. The van der Waals surface area contributed by atoms with Gasteiger partial charge in [0.2, 0.25) is 0 Å². The molecule has 1 aromatic heterocycles. The second-order valence-corrected chi connectivity index (χ2v) is 6.80. The standard InChI is InChI=1S/C18H18N2O4/c1-10-13(9-14(19-10)18(2,3)4)17(23)24-20-15(21)11-7-5-6-8-12(11)16(20)22/h5-9,19H,1-4H3. The van der Waals surface area contributed by atoms with Crippen LogP contribution in [0.4, 0.5) is 0 Å². The Hall–Kier alpha value is -2.89. The van der Waals surface area contributed by atoms with Crippen LogP contribution in [0.2, 0.25) is 0 Å². The molecule has 6 heteroatoms. The summed E-state index contributed by atoms with van der Waals surface area (Å²) in [6.45, 7) is 7.78. The van der Waals surface area contributed by atoms with E-state index in [1.54, 1.807) is 25.1 Å². The van der Waals surface area contributed by atoms with E-state index < -0.39 is 17.8 Å². The molecular weight excluding hydrogens is 308 g/mol. The highest BCUT2D eigenvalue weighted by atomic mass is 16.7. The van der Waals surface area contributed by atoms with Crippen LogP contribution in [0.5, 0.6) is 0 Å². The number of nitrogens with one attached hydrogen (secondary N) is 1. The van der Waals surface area contributed by atoms with Crippen molar-refractivity contribution in [2.45, 2.75) is 33.1 Å². The predicted octanol–water partition coefficient (Wildman–Crippen LogP) is 2.99. The van der Waals surface area contributed by atoms with E-state index in [4.69, 9.17) is 4.84 Å². The molecule has 124 valence electrons. The maximum absolute atomic E-state index is 12.4. The van der Waals surface area contributed by atoms with Gasteiger partial charge in [-0.1, -0.05) is 38.0 Å². The minimum atomic E-state index is -0.742. The zero-order valence-electron chi connectivity index (χ0n) is 14.0. The number of rotatable bonds is 2. The van der Waals surface area contributed by atoms with Crippen LogP contribution >= 0.6 is 0 Å². The molecule has 0 saturated carbocycles. The third kappa shape index (κ3) is 2.50. The number of aromatic amines is 1. The van der Waals surface area contributed by atoms with Gasteiger partial charge in [0.05, 0.1) is 16.7 Å². The van der Waals surface area contributed by atoms with Gasteiger partial charge in [0.25, 0.3) is 11.8 Å². The fraction of sp³-hybridized carbons (Fsp3) is 0.278. The number of fused-ring (bicyclic) bond motifs is 1. The molecule has 1 aromatic carbocycles. The van der Waals surface area contributed by atoms with Crippen molar-refractivity contribution in [3.8, 4) is 0 Å². The van der Waals surface area contributed by atoms with Gasteiger partial charge in [-0.25, -0.2) is 4.79 Å². The molecule has 2 amide bonds. The van der Waals surface area contributed by atoms with Crippen LogP contribution < -0.4 is 0 Å². The number of carbonyl (C=O) groups excluding carboxylic acids is 3. The Morgan fingerprint density at radius 1 is 1.08 bits per heavy atom. The molecular formula is C18H18N2O4. The lowest BCUT2D eigenvalue weighted by molar-refractivity contribution is -0.0585. The summed E-state index contributed by atoms with van der Waals surface area (Å²) in [6, 6.07) is 8.06. The van der Waals surface area contributed by atoms with Crippen LogP contribution in [-0.4, -0.2) is 27.8 Å². The monoisotopic (exact) mass is 326 g/mol. The van der Waals surface area contributed by atoms with E-state index in [2.05, 4.69) is 4.98 Å². The second-order valence-electron chi connectivity index (χ2n) is 6.80. The molecule has 2 aromatic rings. The summed E-state index contributed by atoms with van der Waals surface area (Å²) in [5, 5.41) is 0.524. The molecule has 0 aliphatic carbocycles. The van der Waals surface area contributed by atoms with Crippen molar-refractivity contribution < 1.29 is 19.2 Å². The fourth-order valence-corrected chi connectivity index (χ4v) is 2.56. The van der Waals surface area contributed by atoms with Gasteiger partial charge >= 0.3 is 5.97 Å². The Kier molecular flexibility index (Phi) is 3.55. The maximum atomic E-state index is 12.4. The van der Waals surface area contributed by atoms with Crippen LogP contribution in [0.1, 0.15) is 63.2 Å². The number of hydroxylamine groups is 2. The Morgan fingerprint density at radius 2 is 1.62 bits per heavy atom. The molecule has 1 aliphatic heterocycles. The first-order chi connectivity index (χ1) is 11.2. The summed E-state index contributed by atoms with van der Waals surface area (Å²) in [4.78, 5) is 45.1. The molecule has 0 atom stereocenters. The van der Waals surface area contributed by atoms with E-state index in [0.29, 0.717) is 16.3 Å². The van der Waals surface area contributed by atoms with E-state index in [1.807, 2.05) is 20.8 Å². The number of H-pyrrole nitrogens is 1. The van der Waals surface area contributed by atoms with E-state index in [1.165, 1.54) is 12.1 Å². The molecule has 0 unspecified atom stereocenters. The number of amides is 2. The summed E-state index contributed by atoms with van der Waals surface area (Å²) in [7, 11) is 0. The molecule has 0 radical (unpaired) electrons. The van der Waals surface area contributed by atoms with Gasteiger partial charge in [-0.3, -0.25) is 9.59 Å². The summed E-state index contributed by atoms with van der Waals surface area (Å²) in [5.74, 6) is -2.00. The largest absolute Gasteiger partial charge is 0.365 e. The highest BCUT2D eigenvalue weighted by Crippen LogP contribution is 2.26. The third-order valence-electron chi connectivity index (χ3n) is 3.97. The van der Waals surface area contributed by atoms with Crippen molar-refractivity contribution in [1.82, 2.24) is 10.0 Å². The Bertz CT molecular complexity index is 823. The number of aryl methyl sites for hydroxylation is 1. The fourth-order valence-electron chi connectivity index (χ4n) is 2.56. The molecule has 24 heavy (non-hydrogen) atoms. The third-order valence-corrected chi connectivity index (χ3v) is 3.97. The second kappa shape index (κ2) is 5.33. The number of nitrogens with zero attached hydrogens (tertiary/aromatic N) is 1. The van der Waals surface area contributed by atoms with Gasteiger partial charge < -0.3 is 9.82 Å². The van der Waals surface area contributed by atoms with Gasteiger partial charge in [0, 0.05) is 16.8 Å². The van der Waals surface area contributed by atoms with Gasteiger partial charge in [0.1, 0.15) is 0 Å². The van der Waals surface area contributed by atoms with Crippen molar-refractivity contribution in [1.29, 1.82) is 0 Å². The van der Waals surface area contributed by atoms with Gasteiger partial charge in [-0.15, -0.1) is 0 Å². The molecule has 1 N–H and O–H groups in total. The topological polar surface area (TPSA) is 79.5 Å². The SMILES string of the molecule is Cc1[nH]c(C(C)(C)C)cc1C(=O)ON1C(=O)c2ccccc2C1=O. The summed E-state index contributed by atoms with van der Waals surface area (Å²) in [5.41, 5.74) is 2.10. The van der Waals surface area contributed by atoms with Crippen LogP contribution in [0.15, 0.2) is 30.3 Å². The lowest BCUT2D eigenvalue weighted by atomic mass is 9.92. The molecule has 1 aliphatic rings. The van der Waals surface area contributed by atoms with Crippen molar-refractivity contribution in [3.05, 3.63) is 58.4 Å². The summed E-state index contributed by atoms with van der Waals surface area (Å²) >= 11 is 0. The van der Waals surface area contributed by atoms with Gasteiger partial charge in [-0.2, -0.15) is 0 Å². The Morgan fingerprint density at radius 3 is 2.08 bits per heavy atom. The molecule has 2 heterocycles. The van der Waals surface area contributed by atoms with E-state index in [0.717, 1.165) is 5.69 Å². The molecule has 3 rings (SSSR count). The first-order valence-electron chi connectivity index (χ1n) is 7.60. The first-order valence-corrected chi connectivity index (χ1v) is 7.60. The molecule has 0 saturated heterocycles. The Balaban J connectivity index is 1.86. The number of hydrogen-bond donors (Lipinski definition) is 1. The quantitative estimate of drug-likeness (QED) is 0.860. The van der Waals surface area contributed by atoms with Crippen LogP contribution in [-0.2, 0) is 10.3 Å². The zero-order chi connectivity index (χ0) is 17.6. The average Bonchev–Trinajstić information content (AvgIpc) is 3.02. The zero-order valence-corrected chi connectivity index (χ0v) is 14.0. The van der Waals surface area contributed by atoms with Crippen molar-refractivity contribution in [2.75, 3.05) is 0 Å².